The topological polar surface area (TPSA) is 46.2 Å². The summed E-state index contributed by atoms with van der Waals surface area (Å²) in [5, 5.41) is 4.14. The Labute approximate surface area is 161 Å². The Morgan fingerprint density at radius 2 is 1.62 bits per heavy atom. The lowest BCUT2D eigenvalue weighted by Gasteiger charge is -2.30. The van der Waals surface area contributed by atoms with Gasteiger partial charge in [-0.1, -0.05) is 53.5 Å². The molecule has 4 rings (SSSR count). The third-order valence-corrected chi connectivity index (χ3v) is 5.58. The van der Waals surface area contributed by atoms with Gasteiger partial charge >= 0.3 is 0 Å². The van der Waals surface area contributed by atoms with Crippen molar-refractivity contribution in [1.82, 2.24) is 5.32 Å². The molecule has 5 heteroatoms. The van der Waals surface area contributed by atoms with Crippen molar-refractivity contribution in [3.63, 3.8) is 0 Å². The van der Waals surface area contributed by atoms with Crippen molar-refractivity contribution >= 4 is 40.5 Å². The lowest BCUT2D eigenvalue weighted by atomic mass is 9.78. The first-order valence-electron chi connectivity index (χ1n) is 8.22. The van der Waals surface area contributed by atoms with Crippen LogP contribution in [-0.2, 0) is 4.79 Å². The van der Waals surface area contributed by atoms with Gasteiger partial charge in [-0.3, -0.25) is 9.59 Å². The molecule has 3 nitrogen and oxygen atoms in total. The van der Waals surface area contributed by atoms with Crippen LogP contribution >= 0.6 is 23.2 Å². The van der Waals surface area contributed by atoms with Gasteiger partial charge in [0.25, 0.3) is 0 Å². The van der Waals surface area contributed by atoms with Crippen LogP contribution in [0.15, 0.2) is 59.3 Å². The van der Waals surface area contributed by atoms with E-state index in [1.165, 1.54) is 6.92 Å². The van der Waals surface area contributed by atoms with Gasteiger partial charge in [0.15, 0.2) is 11.6 Å². The predicted octanol–water partition coefficient (Wildman–Crippen LogP) is 5.15. The minimum Gasteiger partial charge on any atom is -0.358 e. The van der Waals surface area contributed by atoms with Crippen molar-refractivity contribution < 1.29 is 9.59 Å². The molecule has 0 saturated heterocycles. The van der Waals surface area contributed by atoms with Crippen LogP contribution in [0.3, 0.4) is 0 Å². The van der Waals surface area contributed by atoms with Crippen LogP contribution in [0.4, 0.5) is 0 Å². The third-order valence-electron chi connectivity index (χ3n) is 4.92. The molecule has 2 aromatic carbocycles. The van der Waals surface area contributed by atoms with Gasteiger partial charge in [0, 0.05) is 49.5 Å². The smallest absolute Gasteiger partial charge is 0.192 e. The number of halogens is 2. The van der Waals surface area contributed by atoms with Crippen molar-refractivity contribution in [1.29, 1.82) is 0 Å². The molecule has 1 atom stereocenters. The summed E-state index contributed by atoms with van der Waals surface area (Å²) in [6.45, 7) is 3.33. The van der Waals surface area contributed by atoms with Crippen LogP contribution < -0.4 is 5.32 Å². The molecule has 1 unspecified atom stereocenters. The summed E-state index contributed by atoms with van der Waals surface area (Å²) in [5.74, 6) is -0.813. The van der Waals surface area contributed by atoms with E-state index < -0.39 is 5.92 Å². The molecule has 2 aliphatic rings. The lowest BCUT2D eigenvalue weighted by Crippen LogP contribution is -2.28. The lowest BCUT2D eigenvalue weighted by molar-refractivity contribution is -0.113. The fourth-order valence-corrected chi connectivity index (χ4v) is 4.49. The minimum absolute atomic E-state index is 0.102. The molecule has 0 saturated carbocycles. The maximum atomic E-state index is 13.2. The van der Waals surface area contributed by atoms with Crippen molar-refractivity contribution in [3.8, 4) is 0 Å². The van der Waals surface area contributed by atoms with Crippen LogP contribution in [-0.4, -0.2) is 11.6 Å². The maximum Gasteiger partial charge on any atom is 0.192 e. The highest BCUT2D eigenvalue weighted by Gasteiger charge is 2.42. The number of nitrogens with one attached hydrogen (secondary N) is 1. The summed E-state index contributed by atoms with van der Waals surface area (Å²) < 4.78 is 0. The first-order chi connectivity index (χ1) is 12.4. The number of carbonyl (C=O) groups excluding carboxylic acids is 2. The number of dihydropyridines is 1. The fourth-order valence-electron chi connectivity index (χ4n) is 3.87. The number of Topliss-reactive ketones (excluding diaryl/α,β-unsaturated/α-hetero) is 2. The molecular weight excluding hydrogens is 369 g/mol. The zero-order valence-electron chi connectivity index (χ0n) is 14.2. The Morgan fingerprint density at radius 3 is 2.23 bits per heavy atom. The highest BCUT2D eigenvalue weighted by molar-refractivity contribution is 6.37. The van der Waals surface area contributed by atoms with Gasteiger partial charge in [-0.2, -0.15) is 0 Å². The minimum atomic E-state index is -0.593. The molecule has 0 bridgehead atoms. The first kappa shape index (κ1) is 17.1. The zero-order chi connectivity index (χ0) is 18.6. The van der Waals surface area contributed by atoms with Crippen molar-refractivity contribution in [3.05, 3.63) is 86.0 Å². The van der Waals surface area contributed by atoms with Crippen LogP contribution in [0.1, 0.15) is 41.3 Å². The molecule has 1 heterocycles. The second kappa shape index (κ2) is 6.11. The average Bonchev–Trinajstić information content (AvgIpc) is 2.87. The van der Waals surface area contributed by atoms with E-state index in [4.69, 9.17) is 23.2 Å². The van der Waals surface area contributed by atoms with Crippen molar-refractivity contribution in [2.75, 3.05) is 0 Å². The van der Waals surface area contributed by atoms with Gasteiger partial charge in [-0.05, 0) is 26.0 Å². The molecule has 26 heavy (non-hydrogen) atoms. The summed E-state index contributed by atoms with van der Waals surface area (Å²) >= 11 is 12.9. The number of carbonyl (C=O) groups is 2. The molecule has 0 spiro atoms. The van der Waals surface area contributed by atoms with Gasteiger partial charge < -0.3 is 5.32 Å². The first-order valence-corrected chi connectivity index (χ1v) is 8.98. The van der Waals surface area contributed by atoms with Crippen molar-refractivity contribution in [2.24, 2.45) is 0 Å². The van der Waals surface area contributed by atoms with Gasteiger partial charge in [0.05, 0.1) is 5.70 Å². The average molecular weight is 384 g/mol. The predicted molar refractivity (Wildman–Crippen MR) is 103 cm³/mol. The van der Waals surface area contributed by atoms with Crippen LogP contribution in [0.2, 0.25) is 10.0 Å². The molecule has 0 radical (unpaired) electrons. The highest BCUT2D eigenvalue weighted by atomic mass is 35.5. The Hall–Kier alpha value is -2.36. The molecular formula is C21H15Cl2NO2. The van der Waals surface area contributed by atoms with Crippen molar-refractivity contribution in [2.45, 2.75) is 19.8 Å². The van der Waals surface area contributed by atoms with E-state index >= 15 is 0 Å². The number of allylic oxidation sites excluding steroid dienone is 3. The summed E-state index contributed by atoms with van der Waals surface area (Å²) in [6, 6.07) is 12.6. The molecule has 0 fully saturated rings. The van der Waals surface area contributed by atoms with Crippen LogP contribution in [0.25, 0.3) is 5.70 Å². The molecule has 0 amide bonds. The molecule has 0 aromatic heterocycles. The fraction of sp³-hybridized carbons (Fsp3) is 0.143. The maximum absolute atomic E-state index is 13.2. The Balaban J connectivity index is 2.04. The van der Waals surface area contributed by atoms with E-state index in [2.05, 4.69) is 5.32 Å². The van der Waals surface area contributed by atoms with E-state index in [1.807, 2.05) is 25.1 Å². The Morgan fingerprint density at radius 1 is 1.00 bits per heavy atom. The van der Waals surface area contributed by atoms with E-state index in [0.29, 0.717) is 38.0 Å². The third kappa shape index (κ3) is 2.35. The largest absolute Gasteiger partial charge is 0.358 e. The van der Waals surface area contributed by atoms with Crippen LogP contribution in [0.5, 0.6) is 0 Å². The number of fused-ring (bicyclic) bond motifs is 2. The Kier molecular flexibility index (Phi) is 4.02. The standard InChI is InChI=1S/C21H15Cl2NO2/c1-10-16(11(2)25)18(17-14(22)8-5-9-15(17)23)19-20(24-10)12-6-3-4-7-13(12)21(19)26/h3-9,18,24H,1-2H3. The van der Waals surface area contributed by atoms with Gasteiger partial charge in [-0.25, -0.2) is 0 Å². The molecule has 130 valence electrons. The van der Waals surface area contributed by atoms with E-state index in [1.54, 1.807) is 24.3 Å². The summed E-state index contributed by atoms with van der Waals surface area (Å²) in [4.78, 5) is 25.7. The SMILES string of the molecule is CC(=O)C1=C(C)NC2=C(C(=O)c3ccccc32)C1c1c(Cl)cccc1Cl. The number of rotatable bonds is 2. The van der Waals surface area contributed by atoms with Crippen LogP contribution in [0, 0.1) is 0 Å². The summed E-state index contributed by atoms with van der Waals surface area (Å²) in [7, 11) is 0. The second-order valence-corrected chi connectivity index (χ2v) is 7.27. The summed E-state index contributed by atoms with van der Waals surface area (Å²) in [6.07, 6.45) is 0. The van der Waals surface area contributed by atoms with Gasteiger partial charge in [0.2, 0.25) is 0 Å². The van der Waals surface area contributed by atoms with E-state index in [9.17, 15) is 9.59 Å². The van der Waals surface area contributed by atoms with Gasteiger partial charge in [-0.15, -0.1) is 0 Å². The molecule has 2 aromatic rings. The van der Waals surface area contributed by atoms with Gasteiger partial charge in [0.1, 0.15) is 0 Å². The Bertz CT molecular complexity index is 1030. The molecule has 1 aliphatic heterocycles. The summed E-state index contributed by atoms with van der Waals surface area (Å²) in [5.41, 5.74) is 4.53. The number of hydrogen-bond donors (Lipinski definition) is 1. The number of ketones is 2. The normalized spacial score (nSPS) is 18.6. The van der Waals surface area contributed by atoms with E-state index in [0.717, 1.165) is 11.3 Å². The second-order valence-electron chi connectivity index (χ2n) is 6.45. The number of hydrogen-bond acceptors (Lipinski definition) is 3. The molecule has 1 N–H and O–H groups in total. The monoisotopic (exact) mass is 383 g/mol. The van der Waals surface area contributed by atoms with E-state index in [-0.39, 0.29) is 11.6 Å². The number of benzene rings is 2. The highest BCUT2D eigenvalue weighted by Crippen LogP contribution is 2.49. The zero-order valence-corrected chi connectivity index (χ0v) is 15.7. The quantitative estimate of drug-likeness (QED) is 0.779. The molecule has 1 aliphatic carbocycles.